The summed E-state index contributed by atoms with van der Waals surface area (Å²) < 4.78 is 52.6. The minimum Gasteiger partial charge on any atom is -0.447 e. The maximum absolute atomic E-state index is 13.5. The highest BCUT2D eigenvalue weighted by Crippen LogP contribution is 2.35. The zero-order valence-corrected chi connectivity index (χ0v) is 21.1. The number of hydrogen-bond donors (Lipinski definition) is 2. The molecule has 2 amide bonds. The number of hydrogen-bond acceptors (Lipinski definition) is 6. The molecule has 2 aromatic heterocycles. The van der Waals surface area contributed by atoms with Crippen LogP contribution in [0.3, 0.4) is 0 Å². The van der Waals surface area contributed by atoms with E-state index in [1.807, 2.05) is 0 Å². The lowest BCUT2D eigenvalue weighted by Gasteiger charge is -2.15. The van der Waals surface area contributed by atoms with E-state index in [0.29, 0.717) is 21.8 Å². The van der Waals surface area contributed by atoms with Crippen LogP contribution in [0.2, 0.25) is 0 Å². The summed E-state index contributed by atoms with van der Waals surface area (Å²) in [4.78, 5) is 33.2. The zero-order chi connectivity index (χ0) is 27.6. The van der Waals surface area contributed by atoms with Crippen LogP contribution in [-0.2, 0) is 22.2 Å². The molecule has 200 valence electrons. The predicted octanol–water partition coefficient (Wildman–Crippen LogP) is 6.57. The summed E-state index contributed by atoms with van der Waals surface area (Å²) >= 11 is 0. The average Bonchev–Trinajstić information content (AvgIpc) is 3.20. The van der Waals surface area contributed by atoms with Gasteiger partial charge in [-0.3, -0.25) is 10.6 Å². The molecular weight excluding hydrogens is 503 g/mol. The van der Waals surface area contributed by atoms with Crippen molar-refractivity contribution in [2.75, 3.05) is 10.6 Å². The van der Waals surface area contributed by atoms with Crippen LogP contribution in [0.5, 0.6) is 0 Å². The Morgan fingerprint density at radius 3 is 2.24 bits per heavy atom. The molecule has 2 heterocycles. The summed E-state index contributed by atoms with van der Waals surface area (Å²) in [6.45, 7) is 6.70. The van der Waals surface area contributed by atoms with Crippen molar-refractivity contribution in [3.8, 4) is 0 Å². The highest BCUT2D eigenvalue weighted by Gasteiger charge is 2.33. The Morgan fingerprint density at radius 1 is 0.921 bits per heavy atom. The standard InChI is InChI=1S/C26H26F3N5O4/c1-14(2)37-24(35)32-22-21-17-11-12-34(13-16-7-5-6-8-18(16)26(27,28)29)20(17)10-9-19(21)30-23(31-22)33-25(36)38-15(3)4/h5-12,14-15H,13H2,1-4H3,(H2,30,31,32,33,35,36). The van der Waals surface area contributed by atoms with Crippen molar-refractivity contribution in [1.82, 2.24) is 14.5 Å². The molecule has 0 aliphatic heterocycles. The zero-order valence-electron chi connectivity index (χ0n) is 21.1. The molecule has 0 aliphatic rings. The molecule has 0 spiro atoms. The first-order valence-electron chi connectivity index (χ1n) is 11.8. The number of rotatable bonds is 6. The molecular formula is C26H26F3N5O4. The van der Waals surface area contributed by atoms with E-state index < -0.39 is 30.0 Å². The molecule has 0 saturated heterocycles. The molecule has 0 aliphatic carbocycles. The largest absolute Gasteiger partial charge is 0.447 e. The molecule has 9 nitrogen and oxygen atoms in total. The van der Waals surface area contributed by atoms with Gasteiger partial charge < -0.3 is 14.0 Å². The number of amides is 2. The number of alkyl halides is 3. The molecule has 0 bridgehead atoms. The van der Waals surface area contributed by atoms with Gasteiger partial charge in [0, 0.05) is 23.6 Å². The number of halogens is 3. The number of fused-ring (bicyclic) bond motifs is 3. The van der Waals surface area contributed by atoms with Gasteiger partial charge in [-0.1, -0.05) is 18.2 Å². The Balaban J connectivity index is 1.80. The van der Waals surface area contributed by atoms with Crippen LogP contribution < -0.4 is 10.6 Å². The predicted molar refractivity (Wildman–Crippen MR) is 136 cm³/mol. The fourth-order valence-corrected chi connectivity index (χ4v) is 3.98. The number of ether oxygens (including phenoxy) is 2. The van der Waals surface area contributed by atoms with Crippen LogP contribution in [0.4, 0.5) is 34.5 Å². The third-order valence-corrected chi connectivity index (χ3v) is 5.40. The Hall–Kier alpha value is -4.35. The summed E-state index contributed by atoms with van der Waals surface area (Å²) in [5.41, 5.74) is 0.364. The number of benzene rings is 2. The Kier molecular flexibility index (Phi) is 7.42. The monoisotopic (exact) mass is 529 g/mol. The van der Waals surface area contributed by atoms with E-state index in [1.54, 1.807) is 62.7 Å². The first-order chi connectivity index (χ1) is 17.9. The number of carbonyl (C=O) groups is 2. The first kappa shape index (κ1) is 26.7. The van der Waals surface area contributed by atoms with Crippen LogP contribution in [0.15, 0.2) is 48.7 Å². The minimum atomic E-state index is -4.49. The quantitative estimate of drug-likeness (QED) is 0.293. The van der Waals surface area contributed by atoms with E-state index in [9.17, 15) is 22.8 Å². The van der Waals surface area contributed by atoms with Crippen molar-refractivity contribution >= 4 is 45.8 Å². The van der Waals surface area contributed by atoms with Crippen molar-refractivity contribution in [1.29, 1.82) is 0 Å². The lowest BCUT2D eigenvalue weighted by Crippen LogP contribution is -2.21. The summed E-state index contributed by atoms with van der Waals surface area (Å²) in [5, 5.41) is 6.04. The fourth-order valence-electron chi connectivity index (χ4n) is 3.98. The van der Waals surface area contributed by atoms with E-state index in [2.05, 4.69) is 20.6 Å². The summed E-state index contributed by atoms with van der Waals surface area (Å²) in [7, 11) is 0. The van der Waals surface area contributed by atoms with Crippen LogP contribution in [0, 0.1) is 0 Å². The number of nitrogens with one attached hydrogen (secondary N) is 2. The van der Waals surface area contributed by atoms with Crippen molar-refractivity contribution in [2.24, 2.45) is 0 Å². The first-order valence-corrected chi connectivity index (χ1v) is 11.8. The topological polar surface area (TPSA) is 107 Å². The molecule has 0 unspecified atom stereocenters. The number of aromatic nitrogens is 3. The molecule has 12 heteroatoms. The van der Waals surface area contributed by atoms with E-state index in [0.717, 1.165) is 6.07 Å². The molecule has 4 aromatic rings. The third kappa shape index (κ3) is 5.96. The van der Waals surface area contributed by atoms with Gasteiger partial charge >= 0.3 is 18.4 Å². The van der Waals surface area contributed by atoms with Crippen LogP contribution in [0.1, 0.15) is 38.8 Å². The average molecular weight is 530 g/mol. The second kappa shape index (κ2) is 10.6. The van der Waals surface area contributed by atoms with Gasteiger partial charge in [0.2, 0.25) is 5.95 Å². The normalized spacial score (nSPS) is 11.8. The molecule has 38 heavy (non-hydrogen) atoms. The molecule has 0 fully saturated rings. The third-order valence-electron chi connectivity index (χ3n) is 5.40. The SMILES string of the molecule is CC(C)OC(=O)Nc1nc(NC(=O)OC(C)C)c2c(ccc3c2ccn3Cc2ccccc2C(F)(F)F)n1. The second-order valence-corrected chi connectivity index (χ2v) is 9.04. The molecule has 2 N–H and O–H groups in total. The lowest BCUT2D eigenvalue weighted by atomic mass is 10.1. The minimum absolute atomic E-state index is 0.0373. The van der Waals surface area contributed by atoms with E-state index in [4.69, 9.17) is 9.47 Å². The van der Waals surface area contributed by atoms with Crippen molar-refractivity contribution in [3.63, 3.8) is 0 Å². The van der Waals surface area contributed by atoms with Gasteiger partial charge in [-0.15, -0.1) is 0 Å². The van der Waals surface area contributed by atoms with Crippen molar-refractivity contribution in [3.05, 3.63) is 59.8 Å². The lowest BCUT2D eigenvalue weighted by molar-refractivity contribution is -0.138. The van der Waals surface area contributed by atoms with Crippen molar-refractivity contribution in [2.45, 2.75) is 52.6 Å². The van der Waals surface area contributed by atoms with E-state index in [1.165, 1.54) is 12.1 Å². The Labute approximate surface area is 216 Å². The number of nitrogens with zero attached hydrogens (tertiary/aromatic N) is 3. The second-order valence-electron chi connectivity index (χ2n) is 9.04. The number of carbonyl (C=O) groups excluding carboxylic acids is 2. The maximum Gasteiger partial charge on any atom is 0.416 e. The van der Waals surface area contributed by atoms with Gasteiger partial charge in [-0.25, -0.2) is 14.6 Å². The molecule has 4 rings (SSSR count). The van der Waals surface area contributed by atoms with Crippen LogP contribution >= 0.6 is 0 Å². The molecule has 0 saturated carbocycles. The molecule has 2 aromatic carbocycles. The summed E-state index contributed by atoms with van der Waals surface area (Å²) in [6, 6.07) is 10.4. The van der Waals surface area contributed by atoms with Crippen LogP contribution in [-0.4, -0.2) is 38.9 Å². The van der Waals surface area contributed by atoms with E-state index in [-0.39, 0.29) is 30.0 Å². The highest BCUT2D eigenvalue weighted by atomic mass is 19.4. The smallest absolute Gasteiger partial charge is 0.416 e. The molecule has 0 radical (unpaired) electrons. The van der Waals surface area contributed by atoms with Crippen LogP contribution in [0.25, 0.3) is 21.8 Å². The van der Waals surface area contributed by atoms with Gasteiger partial charge in [0.25, 0.3) is 0 Å². The summed E-state index contributed by atoms with van der Waals surface area (Å²) in [5.74, 6) is -0.0552. The Morgan fingerprint density at radius 2 is 1.58 bits per heavy atom. The molecule has 0 atom stereocenters. The van der Waals surface area contributed by atoms with Gasteiger partial charge in [0.15, 0.2) is 0 Å². The summed E-state index contributed by atoms with van der Waals surface area (Å²) in [6.07, 6.45) is -5.17. The van der Waals surface area contributed by atoms with Gasteiger partial charge in [0.05, 0.1) is 28.7 Å². The Bertz CT molecular complexity index is 1500. The van der Waals surface area contributed by atoms with E-state index >= 15 is 0 Å². The van der Waals surface area contributed by atoms with Gasteiger partial charge in [-0.2, -0.15) is 18.2 Å². The fraction of sp³-hybridized carbons (Fsp3) is 0.308. The highest BCUT2D eigenvalue weighted by molar-refractivity contribution is 6.13. The number of anilines is 2. The maximum atomic E-state index is 13.5. The van der Waals surface area contributed by atoms with Gasteiger partial charge in [-0.05, 0) is 57.5 Å². The van der Waals surface area contributed by atoms with Crippen molar-refractivity contribution < 1.29 is 32.2 Å². The van der Waals surface area contributed by atoms with Gasteiger partial charge in [0.1, 0.15) is 5.82 Å².